The van der Waals surface area contributed by atoms with Gasteiger partial charge < -0.3 is 9.80 Å². The second-order valence-electron chi connectivity index (χ2n) is 7.33. The fourth-order valence-electron chi connectivity index (χ4n) is 4.45. The molecule has 0 aromatic rings. The van der Waals surface area contributed by atoms with Crippen LogP contribution in [-0.4, -0.2) is 47.9 Å². The number of carbonyl (C=O) groups is 1. The largest absolute Gasteiger partial charge is 0.340 e. The summed E-state index contributed by atoms with van der Waals surface area (Å²) >= 11 is 0. The van der Waals surface area contributed by atoms with Crippen LogP contribution in [0.25, 0.3) is 0 Å². The number of allylic oxidation sites excluding steroid dienone is 1. The highest BCUT2D eigenvalue weighted by Crippen LogP contribution is 2.32. The molecular weight excluding hydrogens is 260 g/mol. The van der Waals surface area contributed by atoms with Gasteiger partial charge >= 0.3 is 0 Å². The fraction of sp³-hybridized carbons (Fsp3) is 0.833. The lowest BCUT2D eigenvalue weighted by molar-refractivity contribution is -0.130. The van der Waals surface area contributed by atoms with Crippen molar-refractivity contribution in [3.8, 4) is 0 Å². The van der Waals surface area contributed by atoms with Crippen LogP contribution in [0.3, 0.4) is 0 Å². The fourth-order valence-corrected chi connectivity index (χ4v) is 4.45. The summed E-state index contributed by atoms with van der Waals surface area (Å²) in [5.41, 5.74) is 1.60. The summed E-state index contributed by atoms with van der Waals surface area (Å²) in [5.74, 6) is 1.98. The SMILES string of the molecule is CC1=CCCC(C)C1CN1CCC(N2CCCC2=O)CC1. The van der Waals surface area contributed by atoms with Gasteiger partial charge in [-0.2, -0.15) is 0 Å². The summed E-state index contributed by atoms with van der Waals surface area (Å²) in [4.78, 5) is 16.7. The van der Waals surface area contributed by atoms with Gasteiger partial charge in [0.25, 0.3) is 0 Å². The Bertz CT molecular complexity index is 409. The molecule has 3 nitrogen and oxygen atoms in total. The van der Waals surface area contributed by atoms with Crippen LogP contribution in [0, 0.1) is 11.8 Å². The van der Waals surface area contributed by atoms with E-state index in [0.29, 0.717) is 11.9 Å². The van der Waals surface area contributed by atoms with Gasteiger partial charge in [0.05, 0.1) is 0 Å². The molecule has 0 aromatic carbocycles. The van der Waals surface area contributed by atoms with Crippen molar-refractivity contribution < 1.29 is 4.79 Å². The molecule has 3 rings (SSSR count). The molecule has 21 heavy (non-hydrogen) atoms. The van der Waals surface area contributed by atoms with Crippen molar-refractivity contribution in [2.24, 2.45) is 11.8 Å². The summed E-state index contributed by atoms with van der Waals surface area (Å²) in [6.07, 6.45) is 9.27. The van der Waals surface area contributed by atoms with Gasteiger partial charge in [0.15, 0.2) is 0 Å². The lowest BCUT2D eigenvalue weighted by Gasteiger charge is -2.40. The van der Waals surface area contributed by atoms with Crippen molar-refractivity contribution >= 4 is 5.91 Å². The first-order chi connectivity index (χ1) is 10.1. The topological polar surface area (TPSA) is 23.6 Å². The first-order valence-corrected chi connectivity index (χ1v) is 8.83. The number of amides is 1. The number of hydrogen-bond donors (Lipinski definition) is 0. The lowest BCUT2D eigenvalue weighted by atomic mass is 9.79. The third kappa shape index (κ3) is 3.33. The van der Waals surface area contributed by atoms with E-state index >= 15 is 0 Å². The minimum Gasteiger partial charge on any atom is -0.340 e. The highest BCUT2D eigenvalue weighted by molar-refractivity contribution is 5.78. The van der Waals surface area contributed by atoms with Crippen LogP contribution in [0.15, 0.2) is 11.6 Å². The van der Waals surface area contributed by atoms with E-state index in [1.165, 1.54) is 45.3 Å². The molecule has 2 atom stereocenters. The van der Waals surface area contributed by atoms with Crippen molar-refractivity contribution in [3.63, 3.8) is 0 Å². The summed E-state index contributed by atoms with van der Waals surface area (Å²) in [6.45, 7) is 9.30. The maximum atomic E-state index is 11.9. The van der Waals surface area contributed by atoms with E-state index in [9.17, 15) is 4.79 Å². The predicted molar refractivity (Wildman–Crippen MR) is 86.1 cm³/mol. The molecule has 118 valence electrons. The summed E-state index contributed by atoms with van der Waals surface area (Å²) < 4.78 is 0. The van der Waals surface area contributed by atoms with Crippen LogP contribution in [0.1, 0.15) is 52.4 Å². The highest BCUT2D eigenvalue weighted by atomic mass is 16.2. The van der Waals surface area contributed by atoms with Crippen LogP contribution >= 0.6 is 0 Å². The van der Waals surface area contributed by atoms with Gasteiger partial charge in [0, 0.05) is 38.6 Å². The maximum Gasteiger partial charge on any atom is 0.222 e. The van der Waals surface area contributed by atoms with E-state index in [-0.39, 0.29) is 0 Å². The van der Waals surface area contributed by atoms with E-state index < -0.39 is 0 Å². The molecule has 0 N–H and O–H groups in total. The van der Waals surface area contributed by atoms with E-state index in [2.05, 4.69) is 29.7 Å². The monoisotopic (exact) mass is 290 g/mol. The highest BCUT2D eigenvalue weighted by Gasteiger charge is 2.32. The third-order valence-corrected chi connectivity index (χ3v) is 5.92. The quantitative estimate of drug-likeness (QED) is 0.746. The molecule has 2 heterocycles. The van der Waals surface area contributed by atoms with Crippen molar-refractivity contribution in [3.05, 3.63) is 11.6 Å². The molecular formula is C18H30N2O. The normalized spacial score (nSPS) is 32.6. The van der Waals surface area contributed by atoms with Crippen LogP contribution < -0.4 is 0 Å². The zero-order chi connectivity index (χ0) is 14.8. The number of nitrogens with zero attached hydrogens (tertiary/aromatic N) is 2. The molecule has 0 radical (unpaired) electrons. The minimum atomic E-state index is 0.396. The first-order valence-electron chi connectivity index (χ1n) is 8.83. The van der Waals surface area contributed by atoms with Gasteiger partial charge in [-0.1, -0.05) is 18.6 Å². The molecule has 1 amide bonds. The Labute approximate surface area is 129 Å². The molecule has 0 bridgehead atoms. The number of rotatable bonds is 3. The zero-order valence-electron chi connectivity index (χ0n) is 13.7. The molecule has 2 aliphatic heterocycles. The third-order valence-electron chi connectivity index (χ3n) is 5.92. The van der Waals surface area contributed by atoms with E-state index in [1.54, 1.807) is 5.57 Å². The smallest absolute Gasteiger partial charge is 0.222 e. The molecule has 2 fully saturated rings. The second-order valence-corrected chi connectivity index (χ2v) is 7.33. The van der Waals surface area contributed by atoms with E-state index in [4.69, 9.17) is 0 Å². The molecule has 0 saturated carbocycles. The van der Waals surface area contributed by atoms with Crippen molar-refractivity contribution in [1.82, 2.24) is 9.80 Å². The molecule has 2 saturated heterocycles. The average Bonchev–Trinajstić information content (AvgIpc) is 2.90. The molecule has 3 heteroatoms. The number of hydrogen-bond acceptors (Lipinski definition) is 2. The molecule has 0 aromatic heterocycles. The first kappa shape index (κ1) is 15.1. The molecule has 1 aliphatic carbocycles. The van der Waals surface area contributed by atoms with Gasteiger partial charge in [0.1, 0.15) is 0 Å². The lowest BCUT2D eigenvalue weighted by Crippen LogP contribution is -2.47. The van der Waals surface area contributed by atoms with Gasteiger partial charge in [-0.25, -0.2) is 0 Å². The number of likely N-dealkylation sites (tertiary alicyclic amines) is 2. The van der Waals surface area contributed by atoms with E-state index in [0.717, 1.165) is 31.2 Å². The van der Waals surface area contributed by atoms with E-state index in [1.807, 2.05) is 0 Å². The Morgan fingerprint density at radius 3 is 2.57 bits per heavy atom. The van der Waals surface area contributed by atoms with Gasteiger partial charge in [0.2, 0.25) is 5.91 Å². The summed E-state index contributed by atoms with van der Waals surface area (Å²) in [5, 5.41) is 0. The minimum absolute atomic E-state index is 0.396. The Morgan fingerprint density at radius 2 is 1.95 bits per heavy atom. The van der Waals surface area contributed by atoms with Crippen LogP contribution in [0.2, 0.25) is 0 Å². The van der Waals surface area contributed by atoms with Crippen LogP contribution in [-0.2, 0) is 4.79 Å². The second kappa shape index (κ2) is 6.51. The Morgan fingerprint density at radius 1 is 1.19 bits per heavy atom. The summed E-state index contributed by atoms with van der Waals surface area (Å²) in [6, 6.07) is 0.525. The van der Waals surface area contributed by atoms with Gasteiger partial charge in [-0.05, 0) is 50.9 Å². The number of carbonyl (C=O) groups excluding carboxylic acids is 1. The molecule has 2 unspecified atom stereocenters. The Balaban J connectivity index is 1.50. The predicted octanol–water partition coefficient (Wildman–Crippen LogP) is 3.07. The molecule has 0 spiro atoms. The average molecular weight is 290 g/mol. The van der Waals surface area contributed by atoms with Crippen molar-refractivity contribution in [2.75, 3.05) is 26.2 Å². The van der Waals surface area contributed by atoms with Crippen molar-refractivity contribution in [1.29, 1.82) is 0 Å². The van der Waals surface area contributed by atoms with Gasteiger partial charge in [-0.15, -0.1) is 0 Å². The van der Waals surface area contributed by atoms with Gasteiger partial charge in [-0.3, -0.25) is 4.79 Å². The summed E-state index contributed by atoms with van der Waals surface area (Å²) in [7, 11) is 0. The Kier molecular flexibility index (Phi) is 4.68. The van der Waals surface area contributed by atoms with Crippen LogP contribution in [0.5, 0.6) is 0 Å². The number of piperidine rings is 1. The maximum absolute atomic E-state index is 11.9. The zero-order valence-corrected chi connectivity index (χ0v) is 13.7. The molecule has 3 aliphatic rings. The van der Waals surface area contributed by atoms with Crippen molar-refractivity contribution in [2.45, 2.75) is 58.4 Å². The van der Waals surface area contributed by atoms with Crippen LogP contribution in [0.4, 0.5) is 0 Å². The standard InChI is InChI=1S/C18H30N2O/c1-14-5-3-6-15(2)17(14)13-19-11-8-16(9-12-19)20-10-4-7-18(20)21/h5,15-17H,3-4,6-13H2,1-2H3. The Hall–Kier alpha value is -0.830.